The maximum Gasteiger partial charge on any atom is 0.0619 e. The maximum absolute atomic E-state index is 4.52. The lowest BCUT2D eigenvalue weighted by molar-refractivity contribution is 1.17. The maximum atomic E-state index is 4.52. The minimum Gasteiger partial charge on any atom is -0.309 e. The molecule has 0 aliphatic carbocycles. The minimum atomic E-state index is 1.15. The molecule has 6 aromatic carbocycles. The van der Waals surface area contributed by atoms with Crippen LogP contribution in [0.4, 0.5) is 0 Å². The van der Waals surface area contributed by atoms with Crippen molar-refractivity contribution in [2.75, 3.05) is 0 Å². The van der Waals surface area contributed by atoms with Gasteiger partial charge in [0, 0.05) is 50.9 Å². The number of rotatable bonds is 4. The summed E-state index contributed by atoms with van der Waals surface area (Å²) in [6.45, 7) is 0. The Morgan fingerprint density at radius 3 is 1.86 bits per heavy atom. The molecule has 0 amide bonds. The first-order valence-corrected chi connectivity index (χ1v) is 15.0. The van der Waals surface area contributed by atoms with E-state index >= 15 is 0 Å². The van der Waals surface area contributed by atoms with Gasteiger partial charge in [-0.3, -0.25) is 4.98 Å². The summed E-state index contributed by atoms with van der Waals surface area (Å²) in [7, 11) is 0. The quantitative estimate of drug-likeness (QED) is 0.210. The van der Waals surface area contributed by atoms with Crippen LogP contribution in [0.1, 0.15) is 0 Å². The van der Waals surface area contributed by atoms with Crippen molar-refractivity contribution in [3.63, 3.8) is 0 Å². The van der Waals surface area contributed by atoms with Crippen molar-refractivity contribution in [1.82, 2.24) is 14.1 Å². The average Bonchev–Trinajstić information content (AvgIpc) is 3.62. The zero-order chi connectivity index (χ0) is 29.0. The highest BCUT2D eigenvalue weighted by atomic mass is 15.0. The second-order valence-electron chi connectivity index (χ2n) is 11.3. The fourth-order valence-electron chi connectivity index (χ4n) is 6.84. The molecule has 0 spiro atoms. The average molecular weight is 562 g/mol. The number of para-hydroxylation sites is 3. The van der Waals surface area contributed by atoms with Crippen LogP contribution < -0.4 is 0 Å². The molecule has 9 rings (SSSR count). The SMILES string of the molecule is c1ccc(-c2ccc(-n3c4ccccc4c4cccc(-c5ccc6c(c5)c5cnccc5n6-c5ccccc5)c43)cc2)cc1. The molecule has 0 aliphatic heterocycles. The summed E-state index contributed by atoms with van der Waals surface area (Å²) < 4.78 is 4.76. The molecular formula is C41H27N3. The second-order valence-corrected chi connectivity index (χ2v) is 11.3. The van der Waals surface area contributed by atoms with Crippen LogP contribution in [-0.4, -0.2) is 14.1 Å². The Kier molecular flexibility index (Phi) is 5.50. The summed E-state index contributed by atoms with van der Waals surface area (Å²) in [5.74, 6) is 0. The monoisotopic (exact) mass is 561 g/mol. The van der Waals surface area contributed by atoms with E-state index in [0.29, 0.717) is 0 Å². The highest BCUT2D eigenvalue weighted by Gasteiger charge is 2.18. The largest absolute Gasteiger partial charge is 0.309 e. The van der Waals surface area contributed by atoms with Crippen LogP contribution in [0.5, 0.6) is 0 Å². The van der Waals surface area contributed by atoms with Gasteiger partial charge in [0.25, 0.3) is 0 Å². The van der Waals surface area contributed by atoms with Gasteiger partial charge >= 0.3 is 0 Å². The van der Waals surface area contributed by atoms with E-state index in [-0.39, 0.29) is 0 Å². The van der Waals surface area contributed by atoms with E-state index in [2.05, 4.69) is 166 Å². The van der Waals surface area contributed by atoms with Crippen molar-refractivity contribution in [3.8, 4) is 33.6 Å². The molecule has 3 nitrogen and oxygen atoms in total. The third kappa shape index (κ3) is 3.73. The van der Waals surface area contributed by atoms with Gasteiger partial charge in [-0.05, 0) is 65.2 Å². The van der Waals surface area contributed by atoms with Gasteiger partial charge in [-0.2, -0.15) is 0 Å². The van der Waals surface area contributed by atoms with Gasteiger partial charge in [0.15, 0.2) is 0 Å². The molecule has 3 aromatic heterocycles. The molecule has 0 unspecified atom stereocenters. The molecule has 0 atom stereocenters. The summed E-state index contributed by atoms with van der Waals surface area (Å²) >= 11 is 0. The Morgan fingerprint density at radius 1 is 0.386 bits per heavy atom. The zero-order valence-corrected chi connectivity index (χ0v) is 23.9. The lowest BCUT2D eigenvalue weighted by Crippen LogP contribution is -1.96. The van der Waals surface area contributed by atoms with Gasteiger partial charge < -0.3 is 9.13 Å². The Morgan fingerprint density at radius 2 is 1.02 bits per heavy atom. The molecule has 44 heavy (non-hydrogen) atoms. The smallest absolute Gasteiger partial charge is 0.0619 e. The summed E-state index contributed by atoms with van der Waals surface area (Å²) in [6.07, 6.45) is 3.87. The van der Waals surface area contributed by atoms with E-state index in [1.807, 2.05) is 12.4 Å². The Hall–Kier alpha value is -5.93. The molecule has 3 heterocycles. The number of fused-ring (bicyclic) bond motifs is 6. The van der Waals surface area contributed by atoms with Crippen molar-refractivity contribution >= 4 is 43.6 Å². The van der Waals surface area contributed by atoms with E-state index in [0.717, 1.165) is 22.3 Å². The van der Waals surface area contributed by atoms with Crippen LogP contribution >= 0.6 is 0 Å². The van der Waals surface area contributed by atoms with Gasteiger partial charge in [0.2, 0.25) is 0 Å². The third-order valence-electron chi connectivity index (χ3n) is 8.82. The number of benzene rings is 6. The van der Waals surface area contributed by atoms with Gasteiger partial charge in [-0.25, -0.2) is 0 Å². The number of nitrogens with zero attached hydrogens (tertiary/aromatic N) is 3. The molecule has 3 heteroatoms. The summed E-state index contributed by atoms with van der Waals surface area (Å²) in [6, 6.07) is 54.5. The van der Waals surface area contributed by atoms with Crippen molar-refractivity contribution in [2.24, 2.45) is 0 Å². The fourth-order valence-corrected chi connectivity index (χ4v) is 6.84. The first-order chi connectivity index (χ1) is 21.8. The second kappa shape index (κ2) is 9.82. The fraction of sp³-hybridized carbons (Fsp3) is 0. The van der Waals surface area contributed by atoms with Crippen LogP contribution in [0, 0.1) is 0 Å². The molecule has 0 N–H and O–H groups in total. The van der Waals surface area contributed by atoms with Crippen molar-refractivity contribution in [3.05, 3.63) is 164 Å². The highest BCUT2D eigenvalue weighted by molar-refractivity contribution is 6.15. The molecule has 0 saturated heterocycles. The molecule has 0 saturated carbocycles. The lowest BCUT2D eigenvalue weighted by atomic mass is 10.00. The Balaban J connectivity index is 1.29. The van der Waals surface area contributed by atoms with Crippen LogP contribution in [-0.2, 0) is 0 Å². The van der Waals surface area contributed by atoms with Gasteiger partial charge in [0.1, 0.15) is 0 Å². The van der Waals surface area contributed by atoms with Gasteiger partial charge in [-0.1, -0.05) is 103 Å². The van der Waals surface area contributed by atoms with Crippen molar-refractivity contribution < 1.29 is 0 Å². The first-order valence-electron chi connectivity index (χ1n) is 15.0. The topological polar surface area (TPSA) is 22.8 Å². The summed E-state index contributed by atoms with van der Waals surface area (Å²) in [5.41, 5.74) is 11.9. The normalized spacial score (nSPS) is 11.6. The summed E-state index contributed by atoms with van der Waals surface area (Å²) in [4.78, 5) is 4.52. The van der Waals surface area contributed by atoms with Crippen LogP contribution in [0.3, 0.4) is 0 Å². The van der Waals surface area contributed by atoms with Gasteiger partial charge in [-0.15, -0.1) is 0 Å². The van der Waals surface area contributed by atoms with E-state index in [1.165, 1.54) is 55.0 Å². The number of pyridine rings is 1. The highest BCUT2D eigenvalue weighted by Crippen LogP contribution is 2.40. The van der Waals surface area contributed by atoms with Crippen LogP contribution in [0.2, 0.25) is 0 Å². The number of aromatic nitrogens is 3. The van der Waals surface area contributed by atoms with Crippen molar-refractivity contribution in [1.29, 1.82) is 0 Å². The third-order valence-corrected chi connectivity index (χ3v) is 8.82. The van der Waals surface area contributed by atoms with Gasteiger partial charge in [0.05, 0.1) is 22.1 Å². The first kappa shape index (κ1) is 24.6. The predicted molar refractivity (Wildman–Crippen MR) is 184 cm³/mol. The standard InChI is InChI=1S/C41H27N3/c1-3-10-28(11-4-1)29-18-21-32(22-19-29)44-38-17-8-7-14-34(38)35-16-9-15-33(41(35)44)30-20-23-39-36(26-30)37-27-42-25-24-40(37)43(39)31-12-5-2-6-13-31/h1-27H. The number of hydrogen-bond donors (Lipinski definition) is 0. The Labute approximate surface area is 254 Å². The zero-order valence-electron chi connectivity index (χ0n) is 23.9. The summed E-state index contributed by atoms with van der Waals surface area (Å²) in [5, 5.41) is 4.85. The molecular weight excluding hydrogens is 534 g/mol. The molecule has 0 fully saturated rings. The number of hydrogen-bond acceptors (Lipinski definition) is 1. The van der Waals surface area contributed by atoms with E-state index in [4.69, 9.17) is 0 Å². The van der Waals surface area contributed by atoms with Crippen LogP contribution in [0.15, 0.2) is 164 Å². The predicted octanol–water partition coefficient (Wildman–Crippen LogP) is 10.6. The molecule has 0 radical (unpaired) electrons. The molecule has 206 valence electrons. The molecule has 9 aromatic rings. The van der Waals surface area contributed by atoms with E-state index in [9.17, 15) is 0 Å². The van der Waals surface area contributed by atoms with Crippen LogP contribution in [0.25, 0.3) is 77.2 Å². The van der Waals surface area contributed by atoms with E-state index < -0.39 is 0 Å². The minimum absolute atomic E-state index is 1.15. The lowest BCUT2D eigenvalue weighted by Gasteiger charge is -2.13. The molecule has 0 aliphatic rings. The van der Waals surface area contributed by atoms with E-state index in [1.54, 1.807) is 0 Å². The van der Waals surface area contributed by atoms with Crippen molar-refractivity contribution in [2.45, 2.75) is 0 Å². The molecule has 0 bridgehead atoms. The Bertz CT molecular complexity index is 2470.